The smallest absolute Gasteiger partial charge is 0.234 e. The van der Waals surface area contributed by atoms with Crippen LogP contribution in [0.3, 0.4) is 0 Å². The number of carbonyl (C=O) groups excluding carboxylic acids is 1. The molecular weight excluding hydrogens is 298 g/mol. The molecule has 2 atom stereocenters. The van der Waals surface area contributed by atoms with Gasteiger partial charge in [0.15, 0.2) is 0 Å². The number of likely N-dealkylation sites (tertiary alicyclic amines) is 1. The van der Waals surface area contributed by atoms with E-state index >= 15 is 0 Å². The minimum absolute atomic E-state index is 0.0233. The second kappa shape index (κ2) is 6.99. The molecule has 4 nitrogen and oxygen atoms in total. The molecule has 0 radical (unpaired) electrons. The standard InChI is InChI=1S/C17H26ClN3O/c1-12(13-4-6-14(18)7-5-13)20-16(22)10-21-9-8-15(19)17(2,3)11-21/h4-7,12,15H,8-11,19H2,1-3H3,(H,20,22). The summed E-state index contributed by atoms with van der Waals surface area (Å²) in [5.74, 6) is 0.0497. The van der Waals surface area contributed by atoms with Gasteiger partial charge in [0, 0.05) is 24.2 Å². The molecule has 1 aromatic carbocycles. The van der Waals surface area contributed by atoms with Crippen molar-refractivity contribution in [3.63, 3.8) is 0 Å². The normalized spacial score (nSPS) is 23.0. The van der Waals surface area contributed by atoms with Crippen molar-refractivity contribution in [3.8, 4) is 0 Å². The molecule has 3 N–H and O–H groups in total. The Morgan fingerprint density at radius 2 is 2.09 bits per heavy atom. The van der Waals surface area contributed by atoms with Crippen molar-refractivity contribution in [2.45, 2.75) is 39.3 Å². The molecule has 1 saturated heterocycles. The highest BCUT2D eigenvalue weighted by molar-refractivity contribution is 6.30. The summed E-state index contributed by atoms with van der Waals surface area (Å²) in [4.78, 5) is 14.4. The van der Waals surface area contributed by atoms with Crippen LogP contribution in [0.1, 0.15) is 38.8 Å². The zero-order valence-electron chi connectivity index (χ0n) is 13.6. The number of nitrogens with zero attached hydrogens (tertiary/aromatic N) is 1. The number of hydrogen-bond acceptors (Lipinski definition) is 3. The van der Waals surface area contributed by atoms with Crippen LogP contribution >= 0.6 is 11.6 Å². The summed E-state index contributed by atoms with van der Waals surface area (Å²) in [6.07, 6.45) is 0.938. The maximum absolute atomic E-state index is 12.2. The molecular formula is C17H26ClN3O. The minimum atomic E-state index is -0.0233. The van der Waals surface area contributed by atoms with E-state index in [4.69, 9.17) is 17.3 Å². The van der Waals surface area contributed by atoms with Gasteiger partial charge in [0.05, 0.1) is 12.6 Å². The van der Waals surface area contributed by atoms with Gasteiger partial charge in [-0.15, -0.1) is 0 Å². The molecule has 1 aliphatic rings. The van der Waals surface area contributed by atoms with Gasteiger partial charge in [0.25, 0.3) is 0 Å². The van der Waals surface area contributed by atoms with Crippen LogP contribution in [0.25, 0.3) is 0 Å². The molecule has 0 aliphatic carbocycles. The van der Waals surface area contributed by atoms with E-state index in [1.165, 1.54) is 0 Å². The molecule has 0 spiro atoms. The fourth-order valence-corrected chi connectivity index (χ4v) is 3.07. The van der Waals surface area contributed by atoms with Gasteiger partial charge >= 0.3 is 0 Å². The fraction of sp³-hybridized carbons (Fsp3) is 0.588. The highest BCUT2D eigenvalue weighted by Gasteiger charge is 2.33. The summed E-state index contributed by atoms with van der Waals surface area (Å²) < 4.78 is 0. The third-order valence-corrected chi connectivity index (χ3v) is 4.76. The number of carbonyl (C=O) groups is 1. The number of nitrogens with two attached hydrogens (primary N) is 1. The van der Waals surface area contributed by atoms with Gasteiger partial charge < -0.3 is 11.1 Å². The second-order valence-electron chi connectivity index (χ2n) is 6.94. The number of nitrogens with one attached hydrogen (secondary N) is 1. The quantitative estimate of drug-likeness (QED) is 0.895. The number of hydrogen-bond donors (Lipinski definition) is 2. The molecule has 1 aromatic rings. The molecule has 1 heterocycles. The number of amides is 1. The van der Waals surface area contributed by atoms with Crippen LogP contribution in [0.15, 0.2) is 24.3 Å². The molecule has 1 aliphatic heterocycles. The first-order valence-corrected chi connectivity index (χ1v) is 8.18. The van der Waals surface area contributed by atoms with Crippen molar-refractivity contribution in [2.24, 2.45) is 11.1 Å². The Balaban J connectivity index is 1.86. The first-order valence-electron chi connectivity index (χ1n) is 7.81. The SMILES string of the molecule is CC(NC(=O)CN1CCC(N)C(C)(C)C1)c1ccc(Cl)cc1. The van der Waals surface area contributed by atoms with E-state index in [2.05, 4.69) is 24.1 Å². The van der Waals surface area contributed by atoms with Gasteiger partial charge in [-0.25, -0.2) is 0 Å². The third kappa shape index (κ3) is 4.45. The fourth-order valence-electron chi connectivity index (χ4n) is 2.94. The van der Waals surface area contributed by atoms with Gasteiger partial charge in [0.2, 0.25) is 5.91 Å². The van der Waals surface area contributed by atoms with Gasteiger partial charge in [0.1, 0.15) is 0 Å². The summed E-state index contributed by atoms with van der Waals surface area (Å²) in [6.45, 7) is 8.48. The lowest BCUT2D eigenvalue weighted by atomic mass is 9.80. The maximum Gasteiger partial charge on any atom is 0.234 e. The largest absolute Gasteiger partial charge is 0.348 e. The first-order chi connectivity index (χ1) is 10.3. The Morgan fingerprint density at radius 1 is 1.45 bits per heavy atom. The lowest BCUT2D eigenvalue weighted by Gasteiger charge is -2.42. The minimum Gasteiger partial charge on any atom is -0.348 e. The van der Waals surface area contributed by atoms with E-state index in [-0.39, 0.29) is 23.4 Å². The number of rotatable bonds is 4. The summed E-state index contributed by atoms with van der Waals surface area (Å²) in [6, 6.07) is 7.75. The third-order valence-electron chi connectivity index (χ3n) is 4.51. The van der Waals surface area contributed by atoms with Crippen LogP contribution in [-0.2, 0) is 4.79 Å². The van der Waals surface area contributed by atoms with Crippen molar-refractivity contribution in [3.05, 3.63) is 34.9 Å². The van der Waals surface area contributed by atoms with Crippen LogP contribution in [0.4, 0.5) is 0 Å². The Labute approximate surface area is 138 Å². The molecule has 122 valence electrons. The van der Waals surface area contributed by atoms with E-state index < -0.39 is 0 Å². The molecule has 22 heavy (non-hydrogen) atoms. The number of piperidine rings is 1. The Morgan fingerprint density at radius 3 is 2.68 bits per heavy atom. The van der Waals surface area contributed by atoms with Gasteiger partial charge in [-0.1, -0.05) is 37.6 Å². The molecule has 5 heteroatoms. The van der Waals surface area contributed by atoms with E-state index in [0.29, 0.717) is 11.6 Å². The van der Waals surface area contributed by atoms with Crippen molar-refractivity contribution >= 4 is 17.5 Å². The molecule has 0 bridgehead atoms. The van der Waals surface area contributed by atoms with Gasteiger partial charge in [-0.2, -0.15) is 0 Å². The van der Waals surface area contributed by atoms with Gasteiger partial charge in [-0.3, -0.25) is 9.69 Å². The summed E-state index contributed by atoms with van der Waals surface area (Å²) >= 11 is 5.89. The lowest BCUT2D eigenvalue weighted by molar-refractivity contribution is -0.123. The average molecular weight is 324 g/mol. The Hall–Kier alpha value is -1.10. The van der Waals surface area contributed by atoms with Crippen LogP contribution < -0.4 is 11.1 Å². The molecule has 1 fully saturated rings. The summed E-state index contributed by atoms with van der Waals surface area (Å²) in [7, 11) is 0. The second-order valence-corrected chi connectivity index (χ2v) is 7.37. The molecule has 2 unspecified atom stereocenters. The summed E-state index contributed by atoms with van der Waals surface area (Å²) in [5, 5.41) is 3.75. The molecule has 0 aromatic heterocycles. The molecule has 0 saturated carbocycles. The van der Waals surface area contributed by atoms with Crippen molar-refractivity contribution in [1.29, 1.82) is 0 Å². The van der Waals surface area contributed by atoms with Crippen LogP contribution in [0.2, 0.25) is 5.02 Å². The summed E-state index contributed by atoms with van der Waals surface area (Å²) in [5.41, 5.74) is 7.25. The monoisotopic (exact) mass is 323 g/mol. The average Bonchev–Trinajstić information content (AvgIpc) is 2.43. The van der Waals surface area contributed by atoms with Crippen LogP contribution in [-0.4, -0.2) is 36.5 Å². The van der Waals surface area contributed by atoms with Crippen LogP contribution in [0.5, 0.6) is 0 Å². The van der Waals surface area contributed by atoms with Gasteiger partial charge in [-0.05, 0) is 36.5 Å². The topological polar surface area (TPSA) is 58.4 Å². The van der Waals surface area contributed by atoms with E-state index in [1.54, 1.807) is 0 Å². The highest BCUT2D eigenvalue weighted by Crippen LogP contribution is 2.27. The van der Waals surface area contributed by atoms with Crippen molar-refractivity contribution < 1.29 is 4.79 Å². The number of benzene rings is 1. The number of halogens is 1. The molecule has 2 rings (SSSR count). The van der Waals surface area contributed by atoms with Crippen molar-refractivity contribution in [1.82, 2.24) is 10.2 Å². The van der Waals surface area contributed by atoms with E-state index in [1.807, 2.05) is 31.2 Å². The maximum atomic E-state index is 12.2. The van der Waals surface area contributed by atoms with E-state index in [0.717, 1.165) is 25.1 Å². The Kier molecular flexibility index (Phi) is 5.48. The lowest BCUT2D eigenvalue weighted by Crippen LogP contribution is -2.54. The van der Waals surface area contributed by atoms with Crippen LogP contribution in [0, 0.1) is 5.41 Å². The molecule has 1 amide bonds. The zero-order valence-corrected chi connectivity index (χ0v) is 14.4. The van der Waals surface area contributed by atoms with Crippen molar-refractivity contribution in [2.75, 3.05) is 19.6 Å². The highest BCUT2D eigenvalue weighted by atomic mass is 35.5. The van der Waals surface area contributed by atoms with E-state index in [9.17, 15) is 4.79 Å². The first kappa shape index (κ1) is 17.3. The predicted octanol–water partition coefficient (Wildman–Crippen LogP) is 2.58. The predicted molar refractivity (Wildman–Crippen MR) is 90.8 cm³/mol. The Bertz CT molecular complexity index is 515. The zero-order chi connectivity index (χ0) is 16.3.